The molecule has 0 spiro atoms. The van der Waals surface area contributed by atoms with Crippen LogP contribution in [-0.2, 0) is 32.6 Å². The molecule has 45 heavy (non-hydrogen) atoms. The second-order valence-electron chi connectivity index (χ2n) is 11.9. The molecule has 1 N–H and O–H groups in total. The van der Waals surface area contributed by atoms with Gasteiger partial charge in [0.1, 0.15) is 12.6 Å². The molecule has 0 fully saturated rings. The van der Waals surface area contributed by atoms with Gasteiger partial charge in [-0.2, -0.15) is 0 Å². The van der Waals surface area contributed by atoms with Gasteiger partial charge in [-0.25, -0.2) is 8.42 Å². The Labute approximate surface area is 279 Å². The van der Waals surface area contributed by atoms with E-state index >= 15 is 0 Å². The maximum Gasteiger partial charge on any atom is 0.264 e. The molecular weight excluding hydrogens is 674 g/mol. The van der Waals surface area contributed by atoms with E-state index in [1.165, 1.54) is 17.0 Å². The van der Waals surface area contributed by atoms with E-state index in [2.05, 4.69) is 21.2 Å². The molecule has 0 bridgehead atoms. The van der Waals surface area contributed by atoms with Crippen molar-refractivity contribution in [1.29, 1.82) is 0 Å². The number of aryl methyl sites for hydroxylation is 1. The quantitative estimate of drug-likeness (QED) is 0.179. The molecule has 0 saturated carbocycles. The number of carbonyl (C=O) groups is 2. The minimum absolute atomic E-state index is 0.00945. The summed E-state index contributed by atoms with van der Waals surface area (Å²) < 4.78 is 30.0. The molecule has 7 nitrogen and oxygen atoms in total. The van der Waals surface area contributed by atoms with Crippen LogP contribution in [0.5, 0.6) is 0 Å². The van der Waals surface area contributed by atoms with Crippen molar-refractivity contribution < 1.29 is 18.0 Å². The molecule has 1 atom stereocenters. The first-order valence-corrected chi connectivity index (χ1v) is 17.1. The first-order valence-electron chi connectivity index (χ1n) is 14.5. The highest BCUT2D eigenvalue weighted by Gasteiger charge is 2.36. The Morgan fingerprint density at radius 3 is 2.16 bits per heavy atom. The van der Waals surface area contributed by atoms with E-state index in [9.17, 15) is 18.0 Å². The van der Waals surface area contributed by atoms with Gasteiger partial charge in [0.15, 0.2) is 0 Å². The molecule has 2 amide bonds. The number of hydrogen-bond donors (Lipinski definition) is 1. The third kappa shape index (κ3) is 9.19. The van der Waals surface area contributed by atoms with E-state index in [4.69, 9.17) is 11.6 Å². The van der Waals surface area contributed by atoms with Gasteiger partial charge in [0.25, 0.3) is 10.0 Å². The normalized spacial score (nSPS) is 12.3. The maximum absolute atomic E-state index is 14.5. The van der Waals surface area contributed by atoms with Gasteiger partial charge in [0.2, 0.25) is 11.8 Å². The molecule has 4 rings (SSSR count). The Hall–Kier alpha value is -3.66. The second kappa shape index (κ2) is 14.6. The van der Waals surface area contributed by atoms with Crippen molar-refractivity contribution in [3.8, 4) is 0 Å². The number of nitrogens with zero attached hydrogens (tertiary/aromatic N) is 2. The number of benzene rings is 4. The number of amides is 2. The SMILES string of the molecule is Cc1ccc(S(=O)(=O)N(CC(=O)N(Cc2ccccc2Cl)C(Cc2ccccc2)C(=O)NC(C)(C)C)c2cccc(Br)c2)cc1. The molecule has 0 heterocycles. The summed E-state index contributed by atoms with van der Waals surface area (Å²) >= 11 is 9.99. The third-order valence-electron chi connectivity index (χ3n) is 7.05. The number of halogens is 2. The Kier molecular flexibility index (Phi) is 11.1. The van der Waals surface area contributed by atoms with Crippen LogP contribution in [0.2, 0.25) is 5.02 Å². The lowest BCUT2D eigenvalue weighted by Crippen LogP contribution is -2.56. The highest BCUT2D eigenvalue weighted by Crippen LogP contribution is 2.28. The zero-order valence-corrected chi connectivity index (χ0v) is 28.9. The van der Waals surface area contributed by atoms with Crippen LogP contribution in [0.4, 0.5) is 5.69 Å². The predicted molar refractivity (Wildman–Crippen MR) is 184 cm³/mol. The summed E-state index contributed by atoms with van der Waals surface area (Å²) in [6.07, 6.45) is 0.209. The lowest BCUT2D eigenvalue weighted by molar-refractivity contribution is -0.140. The topological polar surface area (TPSA) is 86.8 Å². The summed E-state index contributed by atoms with van der Waals surface area (Å²) in [5, 5.41) is 3.46. The summed E-state index contributed by atoms with van der Waals surface area (Å²) in [6, 6.07) is 28.8. The second-order valence-corrected chi connectivity index (χ2v) is 15.0. The van der Waals surface area contributed by atoms with Crippen molar-refractivity contribution in [3.05, 3.63) is 129 Å². The summed E-state index contributed by atoms with van der Waals surface area (Å²) in [5.74, 6) is -0.919. The predicted octanol–water partition coefficient (Wildman–Crippen LogP) is 7.16. The standard InChI is InChI=1S/C35H37BrClN3O4S/c1-25-17-19-30(20-18-25)45(43,44)40(29-15-10-14-28(36)22-29)24-33(41)39(23-27-13-8-9-16-31(27)37)32(34(42)38-35(2,3)4)21-26-11-6-5-7-12-26/h5-20,22,32H,21,23-24H2,1-4H3,(H,38,42). The summed E-state index contributed by atoms with van der Waals surface area (Å²) in [7, 11) is -4.19. The van der Waals surface area contributed by atoms with Crippen LogP contribution in [0.15, 0.2) is 112 Å². The van der Waals surface area contributed by atoms with Crippen molar-refractivity contribution in [3.63, 3.8) is 0 Å². The lowest BCUT2D eigenvalue weighted by Gasteiger charge is -2.35. The van der Waals surface area contributed by atoms with E-state index < -0.39 is 34.1 Å². The highest BCUT2D eigenvalue weighted by molar-refractivity contribution is 9.10. The van der Waals surface area contributed by atoms with Crippen LogP contribution in [0.25, 0.3) is 0 Å². The van der Waals surface area contributed by atoms with Crippen LogP contribution in [0.1, 0.15) is 37.5 Å². The van der Waals surface area contributed by atoms with E-state index in [0.717, 1.165) is 15.4 Å². The van der Waals surface area contributed by atoms with Gasteiger partial charge in [-0.3, -0.25) is 13.9 Å². The van der Waals surface area contributed by atoms with Gasteiger partial charge >= 0.3 is 0 Å². The number of anilines is 1. The Morgan fingerprint density at radius 2 is 1.53 bits per heavy atom. The van der Waals surface area contributed by atoms with Crippen molar-refractivity contribution in [2.75, 3.05) is 10.8 Å². The van der Waals surface area contributed by atoms with Crippen LogP contribution >= 0.6 is 27.5 Å². The fraction of sp³-hybridized carbons (Fsp3) is 0.257. The monoisotopic (exact) mass is 709 g/mol. The molecule has 10 heteroatoms. The Morgan fingerprint density at radius 1 is 0.889 bits per heavy atom. The lowest BCUT2D eigenvalue weighted by atomic mass is 10.0. The van der Waals surface area contributed by atoms with Crippen molar-refractivity contribution in [1.82, 2.24) is 10.2 Å². The number of carbonyl (C=O) groups excluding carboxylic acids is 2. The minimum Gasteiger partial charge on any atom is -0.350 e. The minimum atomic E-state index is -4.19. The van der Waals surface area contributed by atoms with Gasteiger partial charge in [-0.1, -0.05) is 99.8 Å². The zero-order chi connectivity index (χ0) is 32.8. The molecule has 0 aromatic heterocycles. The first kappa shape index (κ1) is 34.2. The number of hydrogen-bond acceptors (Lipinski definition) is 4. The Balaban J connectivity index is 1.83. The number of sulfonamides is 1. The van der Waals surface area contributed by atoms with Crippen LogP contribution in [-0.4, -0.2) is 43.3 Å². The molecule has 0 aliphatic rings. The average molecular weight is 711 g/mol. The molecule has 0 radical (unpaired) electrons. The van der Waals surface area contributed by atoms with Crippen LogP contribution in [0.3, 0.4) is 0 Å². The molecule has 4 aromatic carbocycles. The summed E-state index contributed by atoms with van der Waals surface area (Å²) in [6.45, 7) is 6.92. The molecular formula is C35H37BrClN3O4S. The van der Waals surface area contributed by atoms with Crippen LogP contribution < -0.4 is 9.62 Å². The molecule has 4 aromatic rings. The molecule has 1 unspecified atom stereocenters. The number of rotatable bonds is 11. The van der Waals surface area contributed by atoms with Gasteiger partial charge < -0.3 is 10.2 Å². The van der Waals surface area contributed by atoms with Crippen molar-refractivity contribution >= 4 is 55.1 Å². The third-order valence-corrected chi connectivity index (χ3v) is 9.70. The fourth-order valence-electron chi connectivity index (χ4n) is 4.81. The number of nitrogens with one attached hydrogen (secondary N) is 1. The van der Waals surface area contributed by atoms with Crippen molar-refractivity contribution in [2.45, 2.75) is 57.1 Å². The van der Waals surface area contributed by atoms with E-state index in [-0.39, 0.29) is 23.8 Å². The van der Waals surface area contributed by atoms with Gasteiger partial charge in [0, 0.05) is 28.0 Å². The van der Waals surface area contributed by atoms with E-state index in [1.807, 2.05) is 58.0 Å². The molecule has 0 saturated heterocycles. The largest absolute Gasteiger partial charge is 0.350 e. The van der Waals surface area contributed by atoms with Crippen molar-refractivity contribution in [2.24, 2.45) is 0 Å². The fourth-order valence-corrected chi connectivity index (χ4v) is 6.80. The van der Waals surface area contributed by atoms with Crippen LogP contribution in [0, 0.1) is 6.92 Å². The van der Waals surface area contributed by atoms with Gasteiger partial charge in [0.05, 0.1) is 10.6 Å². The van der Waals surface area contributed by atoms with E-state index in [1.54, 1.807) is 60.7 Å². The smallest absolute Gasteiger partial charge is 0.264 e. The van der Waals surface area contributed by atoms with E-state index in [0.29, 0.717) is 20.7 Å². The molecule has 0 aliphatic heterocycles. The molecule has 236 valence electrons. The van der Waals surface area contributed by atoms with Gasteiger partial charge in [-0.15, -0.1) is 0 Å². The first-order chi connectivity index (χ1) is 21.2. The molecule has 0 aliphatic carbocycles. The Bertz CT molecular complexity index is 1740. The summed E-state index contributed by atoms with van der Waals surface area (Å²) in [5.41, 5.74) is 2.10. The summed E-state index contributed by atoms with van der Waals surface area (Å²) in [4.78, 5) is 30.0. The average Bonchev–Trinajstić information content (AvgIpc) is 2.98. The highest BCUT2D eigenvalue weighted by atomic mass is 79.9. The van der Waals surface area contributed by atoms with Gasteiger partial charge in [-0.05, 0) is 75.2 Å². The zero-order valence-electron chi connectivity index (χ0n) is 25.7. The maximum atomic E-state index is 14.5.